The molecule has 1 aliphatic heterocycles. The van der Waals surface area contributed by atoms with Gasteiger partial charge in [0.15, 0.2) is 0 Å². The van der Waals surface area contributed by atoms with Crippen LogP contribution in [0.3, 0.4) is 0 Å². The van der Waals surface area contributed by atoms with Crippen LogP contribution in [0.4, 0.5) is 5.69 Å². The first-order chi connectivity index (χ1) is 8.79. The third-order valence-electron chi connectivity index (χ3n) is 3.83. The molecule has 0 aliphatic carbocycles. The maximum atomic E-state index is 12.5. The lowest BCUT2D eigenvalue weighted by molar-refractivity contribution is 0.0777. The van der Waals surface area contributed by atoms with E-state index in [1.807, 2.05) is 4.90 Å². The quantitative estimate of drug-likeness (QED) is 0.805. The molecule has 1 amide bonds. The van der Waals surface area contributed by atoms with Crippen molar-refractivity contribution in [1.82, 2.24) is 9.88 Å². The maximum absolute atomic E-state index is 12.5. The zero-order valence-electron chi connectivity index (χ0n) is 11.6. The lowest BCUT2D eigenvalue weighted by Crippen LogP contribution is -2.31. The van der Waals surface area contributed by atoms with E-state index in [9.17, 15) is 4.79 Å². The van der Waals surface area contributed by atoms with E-state index in [4.69, 9.17) is 17.3 Å². The minimum absolute atomic E-state index is 0.0476. The highest BCUT2D eigenvalue weighted by Crippen LogP contribution is 2.34. The summed E-state index contributed by atoms with van der Waals surface area (Å²) in [5, 5.41) is 0.295. The second kappa shape index (κ2) is 5.00. The van der Waals surface area contributed by atoms with E-state index in [0.717, 1.165) is 19.5 Å². The number of nitrogens with zero attached hydrogens (tertiary/aromatic N) is 2. The third kappa shape index (κ3) is 3.00. The largest absolute Gasteiger partial charge is 0.397 e. The summed E-state index contributed by atoms with van der Waals surface area (Å²) in [5.74, 6) is 0.475. The average Bonchev–Trinajstić information content (AvgIpc) is 2.80. The van der Waals surface area contributed by atoms with Crippen LogP contribution in [0.25, 0.3) is 0 Å². The fourth-order valence-electron chi connectivity index (χ4n) is 2.45. The summed E-state index contributed by atoms with van der Waals surface area (Å²) >= 11 is 5.83. The Balaban J connectivity index is 2.16. The monoisotopic (exact) mass is 281 g/mol. The van der Waals surface area contributed by atoms with Gasteiger partial charge in [-0.05, 0) is 23.8 Å². The number of likely N-dealkylation sites (tertiary alicyclic amines) is 1. The van der Waals surface area contributed by atoms with Gasteiger partial charge in [-0.3, -0.25) is 4.79 Å². The summed E-state index contributed by atoms with van der Waals surface area (Å²) in [7, 11) is 0. The molecule has 1 aliphatic rings. The van der Waals surface area contributed by atoms with E-state index in [2.05, 4.69) is 25.8 Å². The summed E-state index contributed by atoms with van der Waals surface area (Å²) in [4.78, 5) is 18.2. The second-order valence-electron chi connectivity index (χ2n) is 6.20. The smallest absolute Gasteiger partial charge is 0.256 e. The predicted molar refractivity (Wildman–Crippen MR) is 77.1 cm³/mol. The molecule has 1 atom stereocenters. The zero-order chi connectivity index (χ0) is 14.2. The van der Waals surface area contributed by atoms with Crippen molar-refractivity contribution in [2.24, 2.45) is 11.3 Å². The number of nitrogen functional groups attached to an aromatic ring is 1. The van der Waals surface area contributed by atoms with Crippen molar-refractivity contribution in [2.45, 2.75) is 27.2 Å². The van der Waals surface area contributed by atoms with E-state index < -0.39 is 0 Å². The van der Waals surface area contributed by atoms with Gasteiger partial charge in [-0.2, -0.15) is 0 Å². The average molecular weight is 282 g/mol. The molecule has 1 fully saturated rings. The molecule has 2 rings (SSSR count). The van der Waals surface area contributed by atoms with Crippen LogP contribution in [-0.2, 0) is 0 Å². The Morgan fingerprint density at radius 2 is 2.21 bits per heavy atom. The first-order valence-electron chi connectivity index (χ1n) is 6.49. The molecule has 5 heteroatoms. The Kier molecular flexibility index (Phi) is 3.72. The summed E-state index contributed by atoms with van der Waals surface area (Å²) in [5.41, 5.74) is 6.86. The number of anilines is 1. The van der Waals surface area contributed by atoms with Crippen molar-refractivity contribution >= 4 is 23.2 Å². The fraction of sp³-hybridized carbons (Fsp3) is 0.571. The van der Waals surface area contributed by atoms with Gasteiger partial charge in [0, 0.05) is 13.1 Å². The number of hydrogen-bond acceptors (Lipinski definition) is 3. The van der Waals surface area contributed by atoms with Crippen LogP contribution in [0, 0.1) is 11.3 Å². The lowest BCUT2D eigenvalue weighted by Gasteiger charge is -2.27. The highest BCUT2D eigenvalue weighted by Gasteiger charge is 2.34. The van der Waals surface area contributed by atoms with Crippen LogP contribution in [-0.4, -0.2) is 28.9 Å². The molecule has 104 valence electrons. The molecule has 1 unspecified atom stereocenters. The molecule has 2 heterocycles. The standard InChI is InChI=1S/C14H20ClN3O/c1-14(2,3)9-4-5-18(8-9)13(19)10-6-12(15)17-7-11(10)16/h6-7,9H,4-5,8,16H2,1-3H3. The van der Waals surface area contributed by atoms with Crippen LogP contribution in [0.15, 0.2) is 12.3 Å². The van der Waals surface area contributed by atoms with Crippen LogP contribution < -0.4 is 5.73 Å². The molecule has 0 spiro atoms. The van der Waals surface area contributed by atoms with E-state index in [1.165, 1.54) is 6.20 Å². The zero-order valence-corrected chi connectivity index (χ0v) is 12.4. The van der Waals surface area contributed by atoms with Gasteiger partial charge >= 0.3 is 0 Å². The van der Waals surface area contributed by atoms with Gasteiger partial charge in [0.05, 0.1) is 17.4 Å². The summed E-state index contributed by atoms with van der Waals surface area (Å²) in [6, 6.07) is 1.55. The van der Waals surface area contributed by atoms with Gasteiger partial charge in [0.2, 0.25) is 0 Å². The molecule has 0 aromatic carbocycles. The van der Waals surface area contributed by atoms with Gasteiger partial charge in [-0.1, -0.05) is 32.4 Å². The van der Waals surface area contributed by atoms with Crippen molar-refractivity contribution in [2.75, 3.05) is 18.8 Å². The summed E-state index contributed by atoms with van der Waals surface area (Å²) in [6.45, 7) is 8.19. The van der Waals surface area contributed by atoms with E-state index in [-0.39, 0.29) is 11.3 Å². The van der Waals surface area contributed by atoms with Crippen molar-refractivity contribution in [1.29, 1.82) is 0 Å². The third-order valence-corrected chi connectivity index (χ3v) is 4.04. The van der Waals surface area contributed by atoms with Crippen LogP contribution in [0.2, 0.25) is 5.15 Å². The number of halogens is 1. The normalized spacial score (nSPS) is 19.8. The highest BCUT2D eigenvalue weighted by molar-refractivity contribution is 6.29. The van der Waals surface area contributed by atoms with Crippen LogP contribution in [0.5, 0.6) is 0 Å². The Bertz CT molecular complexity index is 496. The number of rotatable bonds is 1. The van der Waals surface area contributed by atoms with Crippen molar-refractivity contribution in [3.8, 4) is 0 Å². The number of hydrogen-bond donors (Lipinski definition) is 1. The highest BCUT2D eigenvalue weighted by atomic mass is 35.5. The first-order valence-corrected chi connectivity index (χ1v) is 6.87. The molecule has 19 heavy (non-hydrogen) atoms. The Morgan fingerprint density at radius 3 is 2.79 bits per heavy atom. The molecule has 1 aromatic rings. The first kappa shape index (κ1) is 14.1. The molecular weight excluding hydrogens is 262 g/mol. The van der Waals surface area contributed by atoms with E-state index in [1.54, 1.807) is 6.07 Å². The topological polar surface area (TPSA) is 59.2 Å². The maximum Gasteiger partial charge on any atom is 0.256 e. The number of pyridine rings is 1. The lowest BCUT2D eigenvalue weighted by atomic mass is 9.80. The minimum Gasteiger partial charge on any atom is -0.397 e. The van der Waals surface area contributed by atoms with Gasteiger partial charge in [0.25, 0.3) is 5.91 Å². The number of aromatic nitrogens is 1. The van der Waals surface area contributed by atoms with Gasteiger partial charge in [-0.15, -0.1) is 0 Å². The SMILES string of the molecule is CC(C)(C)C1CCN(C(=O)c2cc(Cl)ncc2N)C1. The molecular formula is C14H20ClN3O. The number of carbonyl (C=O) groups excluding carboxylic acids is 1. The van der Waals surface area contributed by atoms with Crippen LogP contribution in [0.1, 0.15) is 37.6 Å². The van der Waals surface area contributed by atoms with Crippen LogP contribution >= 0.6 is 11.6 Å². The summed E-state index contributed by atoms with van der Waals surface area (Å²) in [6.07, 6.45) is 2.47. The molecule has 1 aromatic heterocycles. The molecule has 2 N–H and O–H groups in total. The van der Waals surface area contributed by atoms with Crippen molar-refractivity contribution in [3.05, 3.63) is 23.0 Å². The molecule has 1 saturated heterocycles. The number of carbonyl (C=O) groups is 1. The minimum atomic E-state index is -0.0476. The van der Waals surface area contributed by atoms with Crippen molar-refractivity contribution < 1.29 is 4.79 Å². The predicted octanol–water partition coefficient (Wildman–Crippen LogP) is 2.83. The van der Waals surface area contributed by atoms with Crippen molar-refractivity contribution in [3.63, 3.8) is 0 Å². The fourth-order valence-corrected chi connectivity index (χ4v) is 2.61. The molecule has 0 radical (unpaired) electrons. The van der Waals surface area contributed by atoms with E-state index in [0.29, 0.717) is 22.3 Å². The van der Waals surface area contributed by atoms with Gasteiger partial charge in [-0.25, -0.2) is 4.98 Å². The molecule has 0 bridgehead atoms. The van der Waals surface area contributed by atoms with Gasteiger partial charge < -0.3 is 10.6 Å². The molecule has 0 saturated carbocycles. The summed E-state index contributed by atoms with van der Waals surface area (Å²) < 4.78 is 0. The number of nitrogens with two attached hydrogens (primary N) is 1. The Morgan fingerprint density at radius 1 is 1.53 bits per heavy atom. The second-order valence-corrected chi connectivity index (χ2v) is 6.58. The Hall–Kier alpha value is -1.29. The van der Waals surface area contributed by atoms with E-state index >= 15 is 0 Å². The Labute approximate surface area is 118 Å². The molecule has 4 nitrogen and oxygen atoms in total. The number of amides is 1. The van der Waals surface area contributed by atoms with Gasteiger partial charge in [0.1, 0.15) is 5.15 Å².